The highest BCUT2D eigenvalue weighted by Gasteiger charge is 2.00. The Hall–Kier alpha value is 0.0249. The molecular weight excluding hydrogens is 121 g/mol. The lowest BCUT2D eigenvalue weighted by atomic mass is 9.98. The van der Waals surface area contributed by atoms with E-state index < -0.39 is 0 Å². The first-order chi connectivity index (χ1) is 4.70. The van der Waals surface area contributed by atoms with E-state index in [1.165, 1.54) is 19.3 Å². The van der Waals surface area contributed by atoms with Gasteiger partial charge in [-0.25, -0.2) is 0 Å². The topological polar surface area (TPSA) is 12.0 Å². The number of nitrogens with one attached hydrogen (secondary N) is 1. The Balaban J connectivity index is 3.17. The van der Waals surface area contributed by atoms with Gasteiger partial charge >= 0.3 is 0 Å². The second-order valence-electron chi connectivity index (χ2n) is 3.23. The molecule has 0 aliphatic heterocycles. The molecule has 10 heavy (non-hydrogen) atoms. The largest absolute Gasteiger partial charge is 0.315 e. The molecule has 0 radical (unpaired) electrons. The molecule has 2 unspecified atom stereocenters. The molecule has 0 saturated heterocycles. The van der Waals surface area contributed by atoms with Crippen LogP contribution < -0.4 is 5.32 Å². The average molecular weight is 141 g/mol. The first kappa shape index (κ1) is 10.0. The predicted molar refractivity (Wildman–Crippen MR) is 50.3 cm³/mol. The van der Waals surface area contributed by atoms with Gasteiger partial charge in [-0.1, -0.05) is 33.5 Å². The lowest BCUT2D eigenvalue weighted by Gasteiger charge is -2.14. The number of hydrogen-bond acceptors (Lipinski definition) is 1. The van der Waals surface area contributed by atoms with Crippen molar-refractivity contribution in [2.45, 2.75) is 39.6 Å². The zero-order chi connectivity index (χ0) is 7.98. The molecule has 2 heteroatoms. The minimum atomic E-state index is 0.689. The summed E-state index contributed by atoms with van der Waals surface area (Å²) in [5.41, 5.74) is 0. The van der Waals surface area contributed by atoms with Crippen LogP contribution in [0, 0.1) is 5.92 Å². The third-order valence-electron chi connectivity index (χ3n) is 2.12. The summed E-state index contributed by atoms with van der Waals surface area (Å²) in [5, 5.41) is 3.48. The molecule has 60 valence electrons. The highest BCUT2D eigenvalue weighted by atomic mass is 14.9. The maximum absolute atomic E-state index is 3.48. The molecule has 0 amide bonds. The molecule has 0 aliphatic rings. The Morgan fingerprint density at radius 2 is 2.00 bits per heavy atom. The zero-order valence-corrected chi connectivity index (χ0v) is 7.78. The Bertz CT molecular complexity index is 65.7. The first-order valence-electron chi connectivity index (χ1n) is 4.44. The van der Waals surface area contributed by atoms with Crippen LogP contribution in [0.5, 0.6) is 0 Å². The Labute approximate surface area is 66.0 Å². The van der Waals surface area contributed by atoms with Gasteiger partial charge in [-0.15, -0.1) is 0 Å². The van der Waals surface area contributed by atoms with Gasteiger partial charge in [0, 0.05) is 0 Å². The maximum Gasteiger partial charge on any atom is 0.103 e. The molecule has 0 bridgehead atoms. The average Bonchev–Trinajstić information content (AvgIpc) is 1.99. The van der Waals surface area contributed by atoms with Crippen LogP contribution >= 0.6 is 0 Å². The van der Waals surface area contributed by atoms with Gasteiger partial charge in [0.1, 0.15) is 7.85 Å². The third kappa shape index (κ3) is 4.86. The fraction of sp³-hybridized carbons (Fsp3) is 1.00. The standard InChI is InChI=1S/C8H20BN/c1-4-7(2)6-10-8(3)5-9/h7-8,10H,4-6,9H2,1-3H3. The van der Waals surface area contributed by atoms with E-state index in [2.05, 4.69) is 33.9 Å². The van der Waals surface area contributed by atoms with Crippen LogP contribution in [0.25, 0.3) is 0 Å². The Morgan fingerprint density at radius 1 is 1.40 bits per heavy atom. The van der Waals surface area contributed by atoms with Crippen LogP contribution in [0.1, 0.15) is 27.2 Å². The molecule has 0 rings (SSSR count). The van der Waals surface area contributed by atoms with E-state index in [0.29, 0.717) is 6.04 Å². The Kier molecular flexibility index (Phi) is 5.80. The van der Waals surface area contributed by atoms with E-state index in [0.717, 1.165) is 5.92 Å². The summed E-state index contributed by atoms with van der Waals surface area (Å²) in [6, 6.07) is 0.689. The first-order valence-corrected chi connectivity index (χ1v) is 4.44. The van der Waals surface area contributed by atoms with E-state index >= 15 is 0 Å². The number of rotatable bonds is 5. The van der Waals surface area contributed by atoms with Crippen molar-refractivity contribution in [2.75, 3.05) is 6.54 Å². The summed E-state index contributed by atoms with van der Waals surface area (Å²) in [6.07, 6.45) is 2.51. The van der Waals surface area contributed by atoms with E-state index in [4.69, 9.17) is 0 Å². The zero-order valence-electron chi connectivity index (χ0n) is 7.78. The van der Waals surface area contributed by atoms with Crippen LogP contribution in [-0.4, -0.2) is 20.4 Å². The quantitative estimate of drug-likeness (QED) is 0.564. The van der Waals surface area contributed by atoms with Crippen molar-refractivity contribution in [3.63, 3.8) is 0 Å². The molecule has 0 fully saturated rings. The molecule has 2 atom stereocenters. The van der Waals surface area contributed by atoms with Crippen molar-refractivity contribution in [1.29, 1.82) is 0 Å². The summed E-state index contributed by atoms with van der Waals surface area (Å²) in [6.45, 7) is 7.94. The van der Waals surface area contributed by atoms with Crippen LogP contribution in [-0.2, 0) is 0 Å². The molecule has 0 aromatic carbocycles. The highest BCUT2D eigenvalue weighted by Crippen LogP contribution is 1.98. The molecule has 0 aromatic rings. The highest BCUT2D eigenvalue weighted by molar-refractivity contribution is 6.08. The molecule has 0 saturated carbocycles. The van der Waals surface area contributed by atoms with Gasteiger partial charge < -0.3 is 5.32 Å². The van der Waals surface area contributed by atoms with Crippen LogP contribution in [0.3, 0.4) is 0 Å². The van der Waals surface area contributed by atoms with Crippen molar-refractivity contribution in [3.05, 3.63) is 0 Å². The molecular formula is C8H20BN. The monoisotopic (exact) mass is 141 g/mol. The second-order valence-corrected chi connectivity index (χ2v) is 3.23. The summed E-state index contributed by atoms with van der Waals surface area (Å²) in [5.74, 6) is 0.828. The SMILES string of the molecule is BCC(C)NCC(C)CC. The fourth-order valence-electron chi connectivity index (χ4n) is 0.691. The maximum atomic E-state index is 3.48. The van der Waals surface area contributed by atoms with E-state index in [-0.39, 0.29) is 0 Å². The molecule has 0 aliphatic carbocycles. The summed E-state index contributed by atoms with van der Waals surface area (Å²) in [7, 11) is 2.22. The lowest BCUT2D eigenvalue weighted by molar-refractivity contribution is 0.468. The van der Waals surface area contributed by atoms with Crippen molar-refractivity contribution >= 4 is 7.85 Å². The summed E-state index contributed by atoms with van der Waals surface area (Å²) in [4.78, 5) is 0. The van der Waals surface area contributed by atoms with Crippen molar-refractivity contribution in [3.8, 4) is 0 Å². The van der Waals surface area contributed by atoms with Gasteiger partial charge in [-0.3, -0.25) is 0 Å². The van der Waals surface area contributed by atoms with Gasteiger partial charge in [0.15, 0.2) is 0 Å². The molecule has 0 spiro atoms. The van der Waals surface area contributed by atoms with Gasteiger partial charge in [0.2, 0.25) is 0 Å². The normalized spacial score (nSPS) is 16.7. The van der Waals surface area contributed by atoms with E-state index in [9.17, 15) is 0 Å². The predicted octanol–water partition coefficient (Wildman–Crippen LogP) is 1.06. The van der Waals surface area contributed by atoms with Gasteiger partial charge in [0.05, 0.1) is 0 Å². The molecule has 0 aromatic heterocycles. The fourth-order valence-corrected chi connectivity index (χ4v) is 0.691. The molecule has 0 heterocycles. The molecule has 1 nitrogen and oxygen atoms in total. The van der Waals surface area contributed by atoms with E-state index in [1.807, 2.05) is 0 Å². The van der Waals surface area contributed by atoms with E-state index in [1.54, 1.807) is 0 Å². The van der Waals surface area contributed by atoms with Crippen LogP contribution in [0.4, 0.5) is 0 Å². The van der Waals surface area contributed by atoms with Crippen LogP contribution in [0.2, 0.25) is 6.32 Å². The Morgan fingerprint density at radius 3 is 2.40 bits per heavy atom. The van der Waals surface area contributed by atoms with Gasteiger partial charge in [-0.2, -0.15) is 0 Å². The van der Waals surface area contributed by atoms with Crippen LogP contribution in [0.15, 0.2) is 0 Å². The second kappa shape index (κ2) is 5.78. The van der Waals surface area contributed by atoms with Gasteiger partial charge in [0.25, 0.3) is 0 Å². The molecule has 1 N–H and O–H groups in total. The number of hydrogen-bond donors (Lipinski definition) is 1. The third-order valence-corrected chi connectivity index (χ3v) is 2.12. The minimum absolute atomic E-state index is 0.689. The van der Waals surface area contributed by atoms with Gasteiger partial charge in [-0.05, 0) is 18.5 Å². The minimum Gasteiger partial charge on any atom is -0.315 e. The van der Waals surface area contributed by atoms with Crippen molar-refractivity contribution < 1.29 is 0 Å². The summed E-state index contributed by atoms with van der Waals surface area (Å²) >= 11 is 0. The van der Waals surface area contributed by atoms with Crippen molar-refractivity contribution in [2.24, 2.45) is 5.92 Å². The lowest BCUT2D eigenvalue weighted by Crippen LogP contribution is -2.29. The smallest absolute Gasteiger partial charge is 0.103 e. The van der Waals surface area contributed by atoms with Crippen molar-refractivity contribution in [1.82, 2.24) is 5.32 Å². The summed E-state index contributed by atoms with van der Waals surface area (Å²) < 4.78 is 0.